The molecule has 2 unspecified atom stereocenters. The highest BCUT2D eigenvalue weighted by Gasteiger charge is 2.47. The molecule has 5 nitrogen and oxygen atoms in total. The number of aryl methyl sites for hydroxylation is 2. The molecule has 118 valence electrons. The van der Waals surface area contributed by atoms with Crippen molar-refractivity contribution < 1.29 is 4.79 Å². The van der Waals surface area contributed by atoms with Crippen LogP contribution in [-0.4, -0.2) is 45.9 Å². The molecule has 1 amide bonds. The van der Waals surface area contributed by atoms with E-state index in [1.807, 2.05) is 44.2 Å². The third-order valence-electron chi connectivity index (χ3n) is 4.81. The van der Waals surface area contributed by atoms with Gasteiger partial charge in [-0.3, -0.25) is 4.79 Å². The molecule has 0 radical (unpaired) electrons. The van der Waals surface area contributed by atoms with Crippen molar-refractivity contribution in [1.29, 1.82) is 0 Å². The van der Waals surface area contributed by atoms with Crippen LogP contribution in [0.25, 0.3) is 0 Å². The molecule has 3 fully saturated rings. The van der Waals surface area contributed by atoms with E-state index in [1.165, 1.54) is 5.56 Å². The second-order valence-corrected chi connectivity index (χ2v) is 6.49. The number of carbonyl (C=O) groups is 1. The average Bonchev–Trinajstić information content (AvgIpc) is 2.55. The van der Waals surface area contributed by atoms with E-state index in [0.29, 0.717) is 0 Å². The Labute approximate surface area is 136 Å². The highest BCUT2D eigenvalue weighted by Crippen LogP contribution is 2.35. The highest BCUT2D eigenvalue weighted by molar-refractivity contribution is 5.95. The number of piperazine rings is 1. The Kier molecular flexibility index (Phi) is 3.29. The van der Waals surface area contributed by atoms with Gasteiger partial charge in [-0.15, -0.1) is 0 Å². The first-order valence-corrected chi connectivity index (χ1v) is 8.06. The van der Waals surface area contributed by atoms with Crippen LogP contribution in [0.1, 0.15) is 28.2 Å². The summed E-state index contributed by atoms with van der Waals surface area (Å²) in [4.78, 5) is 25.7. The zero-order valence-corrected chi connectivity index (χ0v) is 13.4. The second-order valence-electron chi connectivity index (χ2n) is 6.49. The monoisotopic (exact) mass is 308 g/mol. The Bertz CT molecular complexity index is 731. The molecule has 1 aromatic heterocycles. The van der Waals surface area contributed by atoms with Crippen LogP contribution in [0.15, 0.2) is 36.5 Å². The van der Waals surface area contributed by atoms with Crippen molar-refractivity contribution in [3.63, 3.8) is 0 Å². The minimum atomic E-state index is 0.157. The number of anilines is 1. The Morgan fingerprint density at radius 2 is 1.78 bits per heavy atom. The van der Waals surface area contributed by atoms with Gasteiger partial charge in [-0.1, -0.05) is 17.7 Å². The Morgan fingerprint density at radius 1 is 1.09 bits per heavy atom. The van der Waals surface area contributed by atoms with Crippen LogP contribution in [0.3, 0.4) is 0 Å². The molecule has 5 heteroatoms. The van der Waals surface area contributed by atoms with Crippen LogP contribution in [0, 0.1) is 13.8 Å². The molecule has 5 rings (SSSR count). The number of benzene rings is 1. The minimum Gasteiger partial charge on any atom is -0.352 e. The summed E-state index contributed by atoms with van der Waals surface area (Å²) >= 11 is 0. The van der Waals surface area contributed by atoms with Crippen molar-refractivity contribution in [1.82, 2.24) is 14.9 Å². The first-order chi connectivity index (χ1) is 11.1. The van der Waals surface area contributed by atoms with Crippen LogP contribution in [0.4, 0.5) is 5.82 Å². The maximum Gasteiger partial charge on any atom is 0.254 e. The molecule has 1 aromatic carbocycles. The van der Waals surface area contributed by atoms with Gasteiger partial charge in [0.1, 0.15) is 11.6 Å². The molecule has 3 saturated heterocycles. The quantitative estimate of drug-likeness (QED) is 0.853. The lowest BCUT2D eigenvalue weighted by atomic mass is 9.86. The molecule has 3 aliphatic rings. The number of fused-ring (bicyclic) bond motifs is 2. The van der Waals surface area contributed by atoms with E-state index >= 15 is 0 Å². The number of aromatic nitrogens is 2. The van der Waals surface area contributed by atoms with Gasteiger partial charge in [0.25, 0.3) is 5.91 Å². The van der Waals surface area contributed by atoms with E-state index in [4.69, 9.17) is 0 Å². The van der Waals surface area contributed by atoms with Crippen LogP contribution >= 0.6 is 0 Å². The van der Waals surface area contributed by atoms with Gasteiger partial charge in [-0.05, 0) is 38.5 Å². The van der Waals surface area contributed by atoms with Gasteiger partial charge in [0, 0.05) is 24.8 Å². The van der Waals surface area contributed by atoms with Crippen LogP contribution in [-0.2, 0) is 0 Å². The topological polar surface area (TPSA) is 49.3 Å². The third kappa shape index (κ3) is 2.46. The molecule has 23 heavy (non-hydrogen) atoms. The molecule has 2 aromatic rings. The highest BCUT2D eigenvalue weighted by atomic mass is 16.2. The van der Waals surface area contributed by atoms with Crippen LogP contribution in [0.2, 0.25) is 0 Å². The number of rotatable bonds is 2. The molecular weight excluding hydrogens is 288 g/mol. The van der Waals surface area contributed by atoms with Gasteiger partial charge >= 0.3 is 0 Å². The Balaban J connectivity index is 1.49. The van der Waals surface area contributed by atoms with Gasteiger partial charge in [-0.25, -0.2) is 9.97 Å². The normalized spacial score (nSPS) is 22.7. The Hall–Kier alpha value is -2.43. The van der Waals surface area contributed by atoms with Crippen molar-refractivity contribution >= 4 is 11.7 Å². The predicted molar refractivity (Wildman–Crippen MR) is 88.5 cm³/mol. The van der Waals surface area contributed by atoms with E-state index in [0.717, 1.165) is 36.7 Å². The summed E-state index contributed by atoms with van der Waals surface area (Å²) in [5, 5.41) is 0. The SMILES string of the molecule is Cc1ccc(C(=O)N2C3CC2CN(c2ccnc(C)n2)C3)cc1. The maximum atomic E-state index is 12.7. The fourth-order valence-corrected chi connectivity index (χ4v) is 3.59. The average molecular weight is 308 g/mol. The molecule has 0 saturated carbocycles. The summed E-state index contributed by atoms with van der Waals surface area (Å²) in [5.41, 5.74) is 1.97. The van der Waals surface area contributed by atoms with Gasteiger partial charge in [0.05, 0.1) is 12.1 Å². The smallest absolute Gasteiger partial charge is 0.254 e. The molecule has 2 atom stereocenters. The van der Waals surface area contributed by atoms with Crippen LogP contribution in [0.5, 0.6) is 0 Å². The van der Waals surface area contributed by atoms with Crippen molar-refractivity contribution in [2.24, 2.45) is 0 Å². The minimum absolute atomic E-state index is 0.157. The number of piperidine rings is 1. The molecule has 4 heterocycles. The lowest BCUT2D eigenvalue weighted by Crippen LogP contribution is -2.70. The van der Waals surface area contributed by atoms with Crippen LogP contribution < -0.4 is 4.90 Å². The summed E-state index contributed by atoms with van der Waals surface area (Å²) in [6.45, 7) is 5.64. The van der Waals surface area contributed by atoms with E-state index < -0.39 is 0 Å². The van der Waals surface area contributed by atoms with E-state index in [2.05, 4.69) is 19.8 Å². The van der Waals surface area contributed by atoms with Crippen molar-refractivity contribution in [2.45, 2.75) is 32.4 Å². The van der Waals surface area contributed by atoms with E-state index in [9.17, 15) is 4.79 Å². The summed E-state index contributed by atoms with van der Waals surface area (Å²) in [7, 11) is 0. The first-order valence-electron chi connectivity index (χ1n) is 8.06. The number of carbonyl (C=O) groups excluding carboxylic acids is 1. The van der Waals surface area contributed by atoms with Gasteiger partial charge < -0.3 is 9.80 Å². The number of amides is 1. The fourth-order valence-electron chi connectivity index (χ4n) is 3.59. The van der Waals surface area contributed by atoms with Gasteiger partial charge in [0.2, 0.25) is 0 Å². The lowest BCUT2D eigenvalue weighted by molar-refractivity contribution is 0.00575. The van der Waals surface area contributed by atoms with Gasteiger partial charge in [0.15, 0.2) is 0 Å². The molecular formula is C18H20N4O. The van der Waals surface area contributed by atoms with Crippen molar-refractivity contribution in [2.75, 3.05) is 18.0 Å². The largest absolute Gasteiger partial charge is 0.352 e. The predicted octanol–water partition coefficient (Wildman–Crippen LogP) is 2.20. The summed E-state index contributed by atoms with van der Waals surface area (Å²) in [6, 6.07) is 10.4. The van der Waals surface area contributed by atoms with Crippen molar-refractivity contribution in [3.05, 3.63) is 53.5 Å². The number of nitrogens with zero attached hydrogens (tertiary/aromatic N) is 4. The molecule has 0 spiro atoms. The standard InChI is InChI=1S/C18H20N4O/c1-12-3-5-14(6-4-12)18(23)22-15-9-16(22)11-21(10-15)17-7-8-19-13(2)20-17/h3-8,15-16H,9-11H2,1-2H3. The summed E-state index contributed by atoms with van der Waals surface area (Å²) in [6.07, 6.45) is 2.89. The zero-order chi connectivity index (χ0) is 16.0. The zero-order valence-electron chi connectivity index (χ0n) is 13.4. The molecule has 0 N–H and O–H groups in total. The molecule has 3 aliphatic heterocycles. The maximum absolute atomic E-state index is 12.7. The third-order valence-corrected chi connectivity index (χ3v) is 4.81. The summed E-state index contributed by atoms with van der Waals surface area (Å²) < 4.78 is 0. The Morgan fingerprint density at radius 3 is 2.43 bits per heavy atom. The summed E-state index contributed by atoms with van der Waals surface area (Å²) in [5.74, 6) is 1.91. The number of hydrogen-bond acceptors (Lipinski definition) is 4. The first kappa shape index (κ1) is 14.2. The van der Waals surface area contributed by atoms with E-state index in [1.54, 1.807) is 6.20 Å². The fraction of sp³-hybridized carbons (Fsp3) is 0.389. The van der Waals surface area contributed by atoms with Gasteiger partial charge in [-0.2, -0.15) is 0 Å². The van der Waals surface area contributed by atoms with E-state index in [-0.39, 0.29) is 18.0 Å². The molecule has 0 aliphatic carbocycles. The second kappa shape index (κ2) is 5.33. The lowest BCUT2D eigenvalue weighted by Gasteiger charge is -2.56. The molecule has 2 bridgehead atoms. The van der Waals surface area contributed by atoms with Crippen molar-refractivity contribution in [3.8, 4) is 0 Å². The number of hydrogen-bond donors (Lipinski definition) is 0.